The Morgan fingerprint density at radius 1 is 0.971 bits per heavy atom. The van der Waals surface area contributed by atoms with Gasteiger partial charge in [0.05, 0.1) is 5.52 Å². The van der Waals surface area contributed by atoms with Gasteiger partial charge in [-0.1, -0.05) is 54.6 Å². The lowest BCUT2D eigenvalue weighted by Crippen LogP contribution is -2.24. The van der Waals surface area contributed by atoms with Crippen LogP contribution in [0, 0.1) is 13.8 Å². The Kier molecular flexibility index (Phi) is 7.01. The molecule has 0 aliphatic carbocycles. The summed E-state index contributed by atoms with van der Waals surface area (Å²) in [7, 11) is 5.39. The average molecular weight is 470 g/mol. The molecule has 0 saturated heterocycles. The van der Waals surface area contributed by atoms with Crippen LogP contribution in [0.5, 0.6) is 5.75 Å². The monoisotopic (exact) mass is 469 g/mol. The summed E-state index contributed by atoms with van der Waals surface area (Å²) in [6.07, 6.45) is 0.634. The first-order chi connectivity index (χ1) is 16.8. The molecule has 1 heterocycles. The number of amides is 1. The van der Waals surface area contributed by atoms with E-state index < -0.39 is 0 Å². The van der Waals surface area contributed by atoms with Crippen molar-refractivity contribution in [2.75, 3.05) is 14.1 Å². The molecule has 0 atom stereocenters. The van der Waals surface area contributed by atoms with Crippen molar-refractivity contribution in [1.29, 1.82) is 0 Å². The number of fused-ring (bicyclic) bond motifs is 1. The third-order valence-electron chi connectivity index (χ3n) is 6.37. The van der Waals surface area contributed by atoms with Gasteiger partial charge in [0.25, 0.3) is 5.91 Å². The molecule has 4 rings (SSSR count). The van der Waals surface area contributed by atoms with Crippen molar-refractivity contribution < 1.29 is 14.3 Å². The molecular formula is C29H31N3O3. The van der Waals surface area contributed by atoms with Gasteiger partial charge >= 0.3 is 0 Å². The van der Waals surface area contributed by atoms with E-state index in [1.54, 1.807) is 19.0 Å². The van der Waals surface area contributed by atoms with Crippen molar-refractivity contribution in [3.63, 3.8) is 0 Å². The highest BCUT2D eigenvalue weighted by Gasteiger charge is 2.25. The zero-order valence-electron chi connectivity index (χ0n) is 21.0. The normalized spacial score (nSPS) is 11.0. The van der Waals surface area contributed by atoms with Gasteiger partial charge in [-0.3, -0.25) is 9.59 Å². The largest absolute Gasteiger partial charge is 0.486 e. The van der Waals surface area contributed by atoms with Crippen molar-refractivity contribution in [3.05, 3.63) is 94.3 Å². The number of carbonyl (C=O) groups excluding carboxylic acids is 2. The Morgan fingerprint density at radius 2 is 1.66 bits per heavy atom. The van der Waals surface area contributed by atoms with E-state index in [-0.39, 0.29) is 18.1 Å². The van der Waals surface area contributed by atoms with Crippen LogP contribution in [0.3, 0.4) is 0 Å². The highest BCUT2D eigenvalue weighted by atomic mass is 16.5. The van der Waals surface area contributed by atoms with E-state index in [1.807, 2.05) is 86.1 Å². The lowest BCUT2D eigenvalue weighted by molar-refractivity contribution is 0.0824. The number of rotatable bonds is 8. The van der Waals surface area contributed by atoms with E-state index in [0.717, 1.165) is 22.5 Å². The van der Waals surface area contributed by atoms with E-state index >= 15 is 0 Å². The zero-order valence-corrected chi connectivity index (χ0v) is 21.0. The number of imidazole rings is 1. The van der Waals surface area contributed by atoms with Crippen LogP contribution in [0.15, 0.2) is 60.7 Å². The maximum atomic E-state index is 13.3. The molecule has 6 heteroatoms. The van der Waals surface area contributed by atoms with Crippen LogP contribution >= 0.6 is 0 Å². The first-order valence-electron chi connectivity index (χ1n) is 11.7. The van der Waals surface area contributed by atoms with Gasteiger partial charge in [0.15, 0.2) is 11.5 Å². The molecule has 1 aromatic heterocycles. The molecule has 0 spiro atoms. The number of nitrogens with zero attached hydrogens (tertiary/aromatic N) is 3. The van der Waals surface area contributed by atoms with Crippen LogP contribution in [-0.2, 0) is 20.1 Å². The molecule has 0 fully saturated rings. The number of aryl methyl sites for hydroxylation is 3. The standard InChI is InChI=1S/C29H31N3O3/c1-19-11-9-10-14-22(19)26(33)16-15-23-24(29(34)31(3)4)17-25-27(30-20(2)32(25)5)28(23)35-18-21-12-7-6-8-13-21/h6-14,17H,15-16,18H2,1-5H3. The Labute approximate surface area is 206 Å². The Morgan fingerprint density at radius 3 is 2.34 bits per heavy atom. The molecule has 1 amide bonds. The summed E-state index contributed by atoms with van der Waals surface area (Å²) in [5.41, 5.74) is 5.44. The molecule has 0 unspecified atom stereocenters. The van der Waals surface area contributed by atoms with Crippen LogP contribution in [0.2, 0.25) is 0 Å². The smallest absolute Gasteiger partial charge is 0.253 e. The van der Waals surface area contributed by atoms with Crippen LogP contribution in [0.25, 0.3) is 11.0 Å². The summed E-state index contributed by atoms with van der Waals surface area (Å²) >= 11 is 0. The first kappa shape index (κ1) is 24.2. The minimum atomic E-state index is -0.131. The maximum absolute atomic E-state index is 13.3. The number of ether oxygens (including phenoxy) is 1. The molecular weight excluding hydrogens is 438 g/mol. The Hall–Kier alpha value is -3.93. The second kappa shape index (κ2) is 10.1. The quantitative estimate of drug-likeness (QED) is 0.329. The van der Waals surface area contributed by atoms with E-state index in [2.05, 4.69) is 0 Å². The lowest BCUT2D eigenvalue weighted by atomic mass is 9.95. The summed E-state index contributed by atoms with van der Waals surface area (Å²) < 4.78 is 8.34. The number of ketones is 1. The molecule has 0 aliphatic rings. The molecule has 4 aromatic rings. The molecule has 3 aromatic carbocycles. The van der Waals surface area contributed by atoms with Crippen LogP contribution < -0.4 is 4.74 Å². The summed E-state index contributed by atoms with van der Waals surface area (Å²) in [5, 5.41) is 0. The van der Waals surface area contributed by atoms with E-state index in [1.165, 1.54) is 0 Å². The minimum absolute atomic E-state index is 0.0395. The summed E-state index contributed by atoms with van der Waals surface area (Å²) in [4.78, 5) is 32.7. The fraction of sp³-hybridized carbons (Fsp3) is 0.276. The van der Waals surface area contributed by atoms with Crippen LogP contribution in [-0.4, -0.2) is 40.2 Å². The van der Waals surface area contributed by atoms with Gasteiger partial charge in [-0.25, -0.2) is 4.98 Å². The first-order valence-corrected chi connectivity index (χ1v) is 11.7. The number of carbonyl (C=O) groups is 2. The topological polar surface area (TPSA) is 64.4 Å². The molecule has 0 saturated carbocycles. The van der Waals surface area contributed by atoms with Gasteiger partial charge in [-0.05, 0) is 37.5 Å². The van der Waals surface area contributed by atoms with Gasteiger partial charge in [0.2, 0.25) is 0 Å². The molecule has 0 bridgehead atoms. The number of Topliss-reactive ketones (excluding diaryl/α,β-unsaturated/α-hetero) is 1. The maximum Gasteiger partial charge on any atom is 0.253 e. The van der Waals surface area contributed by atoms with E-state index in [0.29, 0.717) is 41.0 Å². The van der Waals surface area contributed by atoms with E-state index in [4.69, 9.17) is 9.72 Å². The second-order valence-electron chi connectivity index (χ2n) is 9.03. The van der Waals surface area contributed by atoms with Crippen molar-refractivity contribution in [3.8, 4) is 5.75 Å². The molecule has 35 heavy (non-hydrogen) atoms. The third kappa shape index (κ3) is 4.97. The molecule has 6 nitrogen and oxygen atoms in total. The summed E-state index contributed by atoms with van der Waals surface area (Å²) in [5.74, 6) is 1.30. The highest BCUT2D eigenvalue weighted by molar-refractivity contribution is 6.02. The number of hydrogen-bond donors (Lipinski definition) is 0. The van der Waals surface area contributed by atoms with Crippen molar-refractivity contribution in [2.45, 2.75) is 33.3 Å². The fourth-order valence-electron chi connectivity index (χ4n) is 4.27. The van der Waals surface area contributed by atoms with Gasteiger partial charge in [0, 0.05) is 44.3 Å². The summed E-state index contributed by atoms with van der Waals surface area (Å²) in [6, 6.07) is 19.3. The minimum Gasteiger partial charge on any atom is -0.486 e. The number of benzene rings is 3. The van der Waals surface area contributed by atoms with Crippen LogP contribution in [0.1, 0.15) is 49.7 Å². The highest BCUT2D eigenvalue weighted by Crippen LogP contribution is 2.35. The van der Waals surface area contributed by atoms with E-state index in [9.17, 15) is 9.59 Å². The summed E-state index contributed by atoms with van der Waals surface area (Å²) in [6.45, 7) is 4.20. The molecule has 0 N–H and O–H groups in total. The van der Waals surface area contributed by atoms with Crippen LogP contribution in [0.4, 0.5) is 0 Å². The molecule has 0 radical (unpaired) electrons. The van der Waals surface area contributed by atoms with Gasteiger partial charge < -0.3 is 14.2 Å². The van der Waals surface area contributed by atoms with Crippen molar-refractivity contribution in [1.82, 2.24) is 14.5 Å². The average Bonchev–Trinajstić information content (AvgIpc) is 3.14. The Balaban J connectivity index is 1.81. The van der Waals surface area contributed by atoms with Crippen molar-refractivity contribution >= 4 is 22.7 Å². The van der Waals surface area contributed by atoms with Crippen molar-refractivity contribution in [2.24, 2.45) is 7.05 Å². The Bertz CT molecular complexity index is 1390. The number of hydrogen-bond acceptors (Lipinski definition) is 4. The SMILES string of the molecule is Cc1ccccc1C(=O)CCc1c(C(=O)N(C)C)cc2c(nc(C)n2C)c1OCc1ccccc1. The number of aromatic nitrogens is 2. The lowest BCUT2D eigenvalue weighted by Gasteiger charge is -2.19. The fourth-order valence-corrected chi connectivity index (χ4v) is 4.27. The molecule has 180 valence electrons. The van der Waals surface area contributed by atoms with Gasteiger partial charge in [-0.2, -0.15) is 0 Å². The third-order valence-corrected chi connectivity index (χ3v) is 6.37. The van der Waals surface area contributed by atoms with Gasteiger partial charge in [-0.15, -0.1) is 0 Å². The predicted molar refractivity (Wildman–Crippen MR) is 138 cm³/mol. The predicted octanol–water partition coefficient (Wildman–Crippen LogP) is 5.29. The molecule has 0 aliphatic heterocycles. The zero-order chi connectivity index (χ0) is 25.1. The second-order valence-corrected chi connectivity index (χ2v) is 9.03. The van der Waals surface area contributed by atoms with Gasteiger partial charge in [0.1, 0.15) is 17.9 Å².